The third kappa shape index (κ3) is 8.02. The Hall–Kier alpha value is -4.64. The molecule has 1 aliphatic heterocycles. The number of aliphatic hydroxyl groups is 1. The number of ether oxygens (including phenoxy) is 2. The van der Waals surface area contributed by atoms with Crippen LogP contribution in [0.2, 0.25) is 10.0 Å². The lowest BCUT2D eigenvalue weighted by Crippen LogP contribution is -2.54. The molecule has 47 heavy (non-hydrogen) atoms. The maximum atomic E-state index is 14.4. The second kappa shape index (κ2) is 15.8. The van der Waals surface area contributed by atoms with Crippen LogP contribution in [-0.4, -0.2) is 42.2 Å². The summed E-state index contributed by atoms with van der Waals surface area (Å²) in [6, 6.07) is 25.2. The summed E-state index contributed by atoms with van der Waals surface area (Å²) >= 11 is 12.9. The first-order chi connectivity index (χ1) is 22.8. The predicted molar refractivity (Wildman–Crippen MR) is 178 cm³/mol. The summed E-state index contributed by atoms with van der Waals surface area (Å²) in [5.41, 5.74) is 15.6. The zero-order valence-electron chi connectivity index (χ0n) is 25.1. The number of nitrogens with one attached hydrogen (secondary N) is 2. The molecule has 0 fully saturated rings. The van der Waals surface area contributed by atoms with Gasteiger partial charge in [0.2, 0.25) is 5.90 Å². The zero-order valence-corrected chi connectivity index (χ0v) is 26.6. The molecule has 5 rings (SSSR count). The van der Waals surface area contributed by atoms with E-state index in [1.807, 2.05) is 0 Å². The highest BCUT2D eigenvalue weighted by Gasteiger charge is 2.54. The topological polar surface area (TPSA) is 141 Å². The third-order valence-corrected chi connectivity index (χ3v) is 8.12. The summed E-state index contributed by atoms with van der Waals surface area (Å²) in [6.45, 7) is 0.587. The molecule has 13 heteroatoms. The standard InChI is InChI=1S/C34H31Cl2FN6O4/c35-25-12-15-27(28(36)20-25)31-34(21-24-7-2-4-9-30(24)41-43-38,33(45)42-39-17-16-22-6-1-3-8-29(22)37)40-32(47-31)23-10-13-26(14-11-23)46-19-5-18-44/h1-4,6-15,20,31,39,44H,5,16-19,21H2,(H,42,45)/t31-,34-/m0/s1. The fourth-order valence-corrected chi connectivity index (χ4v) is 5.73. The smallest absolute Gasteiger partial charge is 0.266 e. The highest BCUT2D eigenvalue weighted by atomic mass is 35.5. The van der Waals surface area contributed by atoms with Crippen molar-refractivity contribution in [2.45, 2.75) is 30.9 Å². The van der Waals surface area contributed by atoms with E-state index in [0.717, 1.165) is 0 Å². The number of rotatable bonds is 14. The Balaban J connectivity index is 1.55. The minimum absolute atomic E-state index is 0.0162. The first kappa shape index (κ1) is 33.7. The summed E-state index contributed by atoms with van der Waals surface area (Å²) in [6.07, 6.45) is -0.289. The molecular formula is C34H31Cl2FN6O4. The molecule has 10 nitrogen and oxygen atoms in total. The molecular weight excluding hydrogens is 646 g/mol. The summed E-state index contributed by atoms with van der Waals surface area (Å²) < 4.78 is 26.4. The van der Waals surface area contributed by atoms with Crippen molar-refractivity contribution >= 4 is 40.7 Å². The van der Waals surface area contributed by atoms with Gasteiger partial charge in [-0.1, -0.05) is 76.8 Å². The Morgan fingerprint density at radius 1 is 1.06 bits per heavy atom. The average molecular weight is 678 g/mol. The Labute approximate surface area is 280 Å². The van der Waals surface area contributed by atoms with Crippen LogP contribution in [0.1, 0.15) is 34.8 Å². The van der Waals surface area contributed by atoms with E-state index in [4.69, 9.17) is 42.8 Å². The van der Waals surface area contributed by atoms with Gasteiger partial charge in [-0.25, -0.2) is 14.8 Å². The zero-order chi connectivity index (χ0) is 33.2. The van der Waals surface area contributed by atoms with Crippen molar-refractivity contribution in [1.82, 2.24) is 10.9 Å². The second-order valence-corrected chi connectivity index (χ2v) is 11.5. The molecule has 0 saturated heterocycles. The number of halogens is 3. The molecule has 2 atom stereocenters. The number of carbonyl (C=O) groups excluding carboxylic acids is 1. The fourth-order valence-electron chi connectivity index (χ4n) is 5.22. The Morgan fingerprint density at radius 2 is 1.81 bits per heavy atom. The van der Waals surface area contributed by atoms with Crippen LogP contribution in [0.15, 0.2) is 101 Å². The molecule has 1 heterocycles. The molecule has 0 bridgehead atoms. The maximum absolute atomic E-state index is 14.4. The number of hydrogen-bond acceptors (Lipinski definition) is 7. The van der Waals surface area contributed by atoms with Gasteiger partial charge in [0, 0.05) is 57.8 Å². The predicted octanol–water partition coefficient (Wildman–Crippen LogP) is 7.20. The van der Waals surface area contributed by atoms with Gasteiger partial charge in [0.25, 0.3) is 5.91 Å². The van der Waals surface area contributed by atoms with Gasteiger partial charge in [0.05, 0.1) is 6.61 Å². The van der Waals surface area contributed by atoms with E-state index in [0.29, 0.717) is 58.2 Å². The highest BCUT2D eigenvalue weighted by Crippen LogP contribution is 2.46. The molecule has 0 saturated carbocycles. The number of aliphatic hydroxyl groups excluding tert-OH is 1. The van der Waals surface area contributed by atoms with Crippen molar-refractivity contribution in [3.8, 4) is 5.75 Å². The lowest BCUT2D eigenvalue weighted by molar-refractivity contribution is -0.130. The molecule has 1 aliphatic rings. The van der Waals surface area contributed by atoms with Crippen LogP contribution in [0.25, 0.3) is 10.4 Å². The summed E-state index contributed by atoms with van der Waals surface area (Å²) in [5.74, 6) is -0.140. The Morgan fingerprint density at radius 3 is 2.53 bits per heavy atom. The van der Waals surface area contributed by atoms with Crippen molar-refractivity contribution in [1.29, 1.82) is 0 Å². The summed E-state index contributed by atoms with van der Waals surface area (Å²) in [5, 5.41) is 13.6. The first-order valence-corrected chi connectivity index (χ1v) is 15.6. The number of benzene rings is 4. The lowest BCUT2D eigenvalue weighted by Gasteiger charge is -2.31. The molecule has 242 valence electrons. The summed E-state index contributed by atoms with van der Waals surface area (Å²) in [7, 11) is 0. The van der Waals surface area contributed by atoms with Crippen molar-refractivity contribution in [2.24, 2.45) is 10.1 Å². The molecule has 0 radical (unpaired) electrons. The minimum atomic E-state index is -1.67. The van der Waals surface area contributed by atoms with Crippen LogP contribution in [0.4, 0.5) is 10.1 Å². The number of hydrogen-bond donors (Lipinski definition) is 3. The fraction of sp³-hybridized carbons (Fsp3) is 0.235. The van der Waals surface area contributed by atoms with Crippen LogP contribution >= 0.6 is 23.2 Å². The highest BCUT2D eigenvalue weighted by molar-refractivity contribution is 6.35. The van der Waals surface area contributed by atoms with Crippen LogP contribution < -0.4 is 15.6 Å². The van der Waals surface area contributed by atoms with Gasteiger partial charge < -0.3 is 14.6 Å². The second-order valence-electron chi connectivity index (χ2n) is 10.7. The molecule has 4 aromatic carbocycles. The lowest BCUT2D eigenvalue weighted by atomic mass is 9.81. The van der Waals surface area contributed by atoms with Crippen LogP contribution in [0.5, 0.6) is 5.75 Å². The molecule has 0 unspecified atom stereocenters. The van der Waals surface area contributed by atoms with E-state index in [1.165, 1.54) is 6.07 Å². The van der Waals surface area contributed by atoms with Gasteiger partial charge in [-0.15, -0.1) is 0 Å². The minimum Gasteiger partial charge on any atom is -0.494 e. The maximum Gasteiger partial charge on any atom is 0.266 e. The van der Waals surface area contributed by atoms with E-state index in [-0.39, 0.29) is 36.3 Å². The third-order valence-electron chi connectivity index (χ3n) is 7.56. The quantitative estimate of drug-likeness (QED) is 0.0426. The number of hydrazine groups is 1. The molecule has 0 aliphatic carbocycles. The SMILES string of the molecule is [N-]=[N+]=Nc1ccccc1C[C@]1(C(=O)NNCCc2ccccc2F)N=C(c2ccc(OCCCO)cc2)O[C@H]1c1ccc(Cl)cc1Cl. The van der Waals surface area contributed by atoms with Gasteiger partial charge in [0.1, 0.15) is 11.6 Å². The van der Waals surface area contributed by atoms with Gasteiger partial charge in [-0.05, 0) is 65.5 Å². The normalized spacial score (nSPS) is 16.9. The van der Waals surface area contributed by atoms with Crippen molar-refractivity contribution in [2.75, 3.05) is 19.8 Å². The van der Waals surface area contributed by atoms with E-state index in [1.54, 1.807) is 84.9 Å². The molecule has 3 N–H and O–H groups in total. The molecule has 0 aromatic heterocycles. The first-order valence-electron chi connectivity index (χ1n) is 14.8. The van der Waals surface area contributed by atoms with Crippen LogP contribution in [-0.2, 0) is 22.4 Å². The number of carbonyl (C=O) groups is 1. The van der Waals surface area contributed by atoms with Crippen molar-refractivity contribution in [3.05, 3.63) is 140 Å². The number of amides is 1. The molecule has 4 aromatic rings. The molecule has 1 amide bonds. The average Bonchev–Trinajstić information content (AvgIpc) is 3.45. The van der Waals surface area contributed by atoms with Crippen molar-refractivity contribution in [3.63, 3.8) is 0 Å². The van der Waals surface area contributed by atoms with E-state index >= 15 is 0 Å². The largest absolute Gasteiger partial charge is 0.494 e. The van der Waals surface area contributed by atoms with Crippen LogP contribution in [0, 0.1) is 5.82 Å². The van der Waals surface area contributed by atoms with E-state index in [9.17, 15) is 14.7 Å². The van der Waals surface area contributed by atoms with E-state index < -0.39 is 17.6 Å². The van der Waals surface area contributed by atoms with E-state index in [2.05, 4.69) is 20.9 Å². The van der Waals surface area contributed by atoms with Gasteiger partial charge in [-0.2, -0.15) is 0 Å². The monoisotopic (exact) mass is 676 g/mol. The van der Waals surface area contributed by atoms with Gasteiger partial charge >= 0.3 is 0 Å². The Kier molecular flexibility index (Phi) is 11.3. The number of azide groups is 1. The molecule has 0 spiro atoms. The van der Waals surface area contributed by atoms with Crippen molar-refractivity contribution < 1.29 is 23.8 Å². The number of aliphatic imine (C=N–C) groups is 1. The Bertz CT molecular complexity index is 1800. The van der Waals surface area contributed by atoms with Gasteiger partial charge in [0.15, 0.2) is 11.6 Å². The van der Waals surface area contributed by atoms with Crippen LogP contribution in [0.3, 0.4) is 0 Å². The summed E-state index contributed by atoms with van der Waals surface area (Å²) in [4.78, 5) is 22.3. The van der Waals surface area contributed by atoms with Gasteiger partial charge in [-0.3, -0.25) is 10.2 Å². The number of nitrogens with zero attached hydrogens (tertiary/aromatic N) is 4.